The lowest BCUT2D eigenvalue weighted by Gasteiger charge is -2.31. The molecular weight excluding hydrogens is 410 g/mol. The summed E-state index contributed by atoms with van der Waals surface area (Å²) >= 11 is 0. The predicted octanol–water partition coefficient (Wildman–Crippen LogP) is 5.67. The summed E-state index contributed by atoms with van der Waals surface area (Å²) in [6, 6.07) is 23.0. The molecule has 1 aliphatic heterocycles. The van der Waals surface area contributed by atoms with Gasteiger partial charge in [0, 0.05) is 46.5 Å². The molecule has 1 fully saturated rings. The van der Waals surface area contributed by atoms with Crippen molar-refractivity contribution < 1.29 is 9.53 Å². The number of nitrogens with one attached hydrogen (secondary N) is 1. The van der Waals surface area contributed by atoms with Gasteiger partial charge in [0.15, 0.2) is 0 Å². The van der Waals surface area contributed by atoms with Crippen molar-refractivity contribution in [3.8, 4) is 5.75 Å². The van der Waals surface area contributed by atoms with Crippen LogP contribution in [0.2, 0.25) is 0 Å². The molecule has 0 bridgehead atoms. The predicted molar refractivity (Wildman–Crippen MR) is 135 cm³/mol. The van der Waals surface area contributed by atoms with Gasteiger partial charge in [-0.3, -0.25) is 9.69 Å². The number of aryl methyl sites for hydroxylation is 1. The quantitative estimate of drug-likeness (QED) is 0.419. The zero-order chi connectivity index (χ0) is 22.8. The van der Waals surface area contributed by atoms with E-state index >= 15 is 0 Å². The van der Waals surface area contributed by atoms with Gasteiger partial charge in [0.1, 0.15) is 5.75 Å². The molecule has 1 amide bonds. The minimum Gasteiger partial charge on any atom is -0.497 e. The number of methoxy groups -OCH3 is 1. The summed E-state index contributed by atoms with van der Waals surface area (Å²) in [5.74, 6) is 1.08. The van der Waals surface area contributed by atoms with E-state index in [9.17, 15) is 4.79 Å². The molecule has 1 aliphatic rings. The number of ether oxygens (including phenoxy) is 1. The smallest absolute Gasteiger partial charge is 0.227 e. The van der Waals surface area contributed by atoms with Gasteiger partial charge in [-0.1, -0.05) is 30.3 Å². The monoisotopic (exact) mass is 441 g/mol. The van der Waals surface area contributed by atoms with E-state index < -0.39 is 0 Å². The first-order chi connectivity index (χ1) is 16.2. The molecule has 5 rings (SSSR count). The number of benzene rings is 3. The normalized spacial score (nSPS) is 15.2. The Morgan fingerprint density at radius 2 is 1.76 bits per heavy atom. The van der Waals surface area contributed by atoms with Gasteiger partial charge in [0.2, 0.25) is 5.91 Å². The first kappa shape index (κ1) is 21.5. The Kier molecular flexibility index (Phi) is 6.05. The van der Waals surface area contributed by atoms with Gasteiger partial charge in [-0.25, -0.2) is 0 Å². The molecular formula is C28H31N3O2. The fourth-order valence-corrected chi connectivity index (χ4v) is 5.10. The van der Waals surface area contributed by atoms with Crippen molar-refractivity contribution in [1.82, 2.24) is 9.47 Å². The molecule has 3 aromatic carbocycles. The summed E-state index contributed by atoms with van der Waals surface area (Å²) in [5, 5.41) is 5.62. The second-order valence-corrected chi connectivity index (χ2v) is 8.88. The molecule has 5 nitrogen and oxygen atoms in total. The van der Waals surface area contributed by atoms with Gasteiger partial charge in [-0.15, -0.1) is 0 Å². The number of carbonyl (C=O) groups excluding carboxylic acids is 1. The number of hydrogen-bond donors (Lipinski definition) is 1. The summed E-state index contributed by atoms with van der Waals surface area (Å²) in [6.07, 6.45) is 1.76. The van der Waals surface area contributed by atoms with E-state index in [1.165, 1.54) is 27.4 Å². The average molecular weight is 442 g/mol. The lowest BCUT2D eigenvalue weighted by atomic mass is 9.95. The third kappa shape index (κ3) is 4.33. The third-order valence-corrected chi connectivity index (χ3v) is 6.85. The van der Waals surface area contributed by atoms with Gasteiger partial charge in [0.05, 0.1) is 7.11 Å². The lowest BCUT2D eigenvalue weighted by molar-refractivity contribution is -0.121. The maximum atomic E-state index is 13.0. The van der Waals surface area contributed by atoms with Crippen molar-refractivity contribution in [3.05, 3.63) is 72.3 Å². The van der Waals surface area contributed by atoms with E-state index in [2.05, 4.69) is 70.2 Å². The van der Waals surface area contributed by atoms with Crippen molar-refractivity contribution in [1.29, 1.82) is 0 Å². The number of amides is 1. The van der Waals surface area contributed by atoms with Crippen LogP contribution in [-0.2, 0) is 17.9 Å². The highest BCUT2D eigenvalue weighted by atomic mass is 16.5. The van der Waals surface area contributed by atoms with Crippen LogP contribution in [0.1, 0.15) is 25.3 Å². The summed E-state index contributed by atoms with van der Waals surface area (Å²) in [5.41, 5.74) is 4.58. The van der Waals surface area contributed by atoms with Gasteiger partial charge in [-0.2, -0.15) is 0 Å². The van der Waals surface area contributed by atoms with Crippen LogP contribution < -0.4 is 10.1 Å². The molecule has 33 heavy (non-hydrogen) atoms. The summed E-state index contributed by atoms with van der Waals surface area (Å²) in [4.78, 5) is 15.4. The van der Waals surface area contributed by atoms with E-state index in [0.717, 1.165) is 50.5 Å². The van der Waals surface area contributed by atoms with Crippen LogP contribution in [0.5, 0.6) is 5.75 Å². The molecule has 0 atom stereocenters. The number of likely N-dealkylation sites (tertiary alicyclic amines) is 1. The van der Waals surface area contributed by atoms with Gasteiger partial charge >= 0.3 is 0 Å². The number of piperidine rings is 1. The van der Waals surface area contributed by atoms with Crippen molar-refractivity contribution >= 4 is 33.4 Å². The number of para-hydroxylation sites is 1. The molecule has 1 saturated heterocycles. The fraction of sp³-hybridized carbons (Fsp3) is 0.321. The van der Waals surface area contributed by atoms with Gasteiger partial charge in [-0.05, 0) is 74.8 Å². The zero-order valence-corrected chi connectivity index (χ0v) is 19.4. The molecule has 0 aliphatic carbocycles. The minimum absolute atomic E-state index is 0.0549. The maximum absolute atomic E-state index is 13.0. The van der Waals surface area contributed by atoms with Crippen LogP contribution in [-0.4, -0.2) is 35.6 Å². The number of fused-ring (bicyclic) bond motifs is 3. The number of anilines is 1. The van der Waals surface area contributed by atoms with Gasteiger partial charge in [0.25, 0.3) is 0 Å². The molecule has 0 radical (unpaired) electrons. The number of aromatic nitrogens is 1. The highest BCUT2D eigenvalue weighted by molar-refractivity contribution is 6.09. The van der Waals surface area contributed by atoms with Crippen molar-refractivity contribution in [3.63, 3.8) is 0 Å². The first-order valence-electron chi connectivity index (χ1n) is 11.8. The van der Waals surface area contributed by atoms with Crippen molar-refractivity contribution in [2.45, 2.75) is 32.9 Å². The molecule has 4 aromatic rings. The van der Waals surface area contributed by atoms with Crippen LogP contribution in [0.25, 0.3) is 21.8 Å². The molecule has 1 N–H and O–H groups in total. The van der Waals surface area contributed by atoms with Gasteiger partial charge < -0.3 is 14.6 Å². The van der Waals surface area contributed by atoms with E-state index in [4.69, 9.17) is 4.74 Å². The molecule has 0 unspecified atom stereocenters. The second-order valence-electron chi connectivity index (χ2n) is 8.88. The Labute approximate surface area is 194 Å². The van der Waals surface area contributed by atoms with E-state index in [0.29, 0.717) is 0 Å². The molecule has 2 heterocycles. The number of carbonyl (C=O) groups is 1. The van der Waals surface area contributed by atoms with E-state index in [-0.39, 0.29) is 11.8 Å². The summed E-state index contributed by atoms with van der Waals surface area (Å²) < 4.78 is 7.66. The second kappa shape index (κ2) is 9.28. The summed E-state index contributed by atoms with van der Waals surface area (Å²) in [6.45, 7) is 5.84. The standard InChI is InChI=1S/C28H31N3O2/c1-3-31-26-10-5-4-9-24(26)25-18-22(11-12-27(25)31)29-28(32)21-13-15-30(16-14-21)19-20-7-6-8-23(17-20)33-2/h4-12,17-18,21H,3,13-16,19H2,1-2H3,(H,29,32). The average Bonchev–Trinajstić information content (AvgIpc) is 3.17. The first-order valence-corrected chi connectivity index (χ1v) is 11.8. The molecule has 0 saturated carbocycles. The zero-order valence-electron chi connectivity index (χ0n) is 19.4. The Morgan fingerprint density at radius 1 is 0.970 bits per heavy atom. The SMILES string of the molecule is CCn1c2ccccc2c2cc(NC(=O)C3CCN(Cc4cccc(OC)c4)CC3)ccc21. The number of nitrogens with zero attached hydrogens (tertiary/aromatic N) is 2. The Hall–Kier alpha value is -3.31. The Morgan fingerprint density at radius 3 is 2.55 bits per heavy atom. The maximum Gasteiger partial charge on any atom is 0.227 e. The fourth-order valence-electron chi connectivity index (χ4n) is 5.10. The molecule has 170 valence electrons. The van der Waals surface area contributed by atoms with E-state index in [1.54, 1.807) is 7.11 Å². The number of hydrogen-bond acceptors (Lipinski definition) is 3. The largest absolute Gasteiger partial charge is 0.497 e. The topological polar surface area (TPSA) is 46.5 Å². The highest BCUT2D eigenvalue weighted by Gasteiger charge is 2.25. The lowest BCUT2D eigenvalue weighted by Crippen LogP contribution is -2.37. The number of rotatable bonds is 6. The Bertz CT molecular complexity index is 1290. The van der Waals surface area contributed by atoms with Crippen LogP contribution in [0.3, 0.4) is 0 Å². The molecule has 0 spiro atoms. The molecule has 5 heteroatoms. The minimum atomic E-state index is 0.0549. The Balaban J connectivity index is 1.24. The highest BCUT2D eigenvalue weighted by Crippen LogP contribution is 2.31. The van der Waals surface area contributed by atoms with Crippen LogP contribution >= 0.6 is 0 Å². The third-order valence-electron chi connectivity index (χ3n) is 6.85. The van der Waals surface area contributed by atoms with Crippen LogP contribution in [0.4, 0.5) is 5.69 Å². The van der Waals surface area contributed by atoms with Crippen molar-refractivity contribution in [2.24, 2.45) is 5.92 Å². The van der Waals surface area contributed by atoms with E-state index in [1.807, 2.05) is 18.2 Å². The summed E-state index contributed by atoms with van der Waals surface area (Å²) in [7, 11) is 1.70. The molecule has 1 aromatic heterocycles. The van der Waals surface area contributed by atoms with Crippen LogP contribution in [0.15, 0.2) is 66.7 Å². The van der Waals surface area contributed by atoms with Crippen molar-refractivity contribution in [2.75, 3.05) is 25.5 Å². The van der Waals surface area contributed by atoms with Crippen LogP contribution in [0, 0.1) is 5.92 Å².